The van der Waals surface area contributed by atoms with E-state index in [1.165, 1.54) is 0 Å². The molecule has 1 aliphatic rings. The van der Waals surface area contributed by atoms with Gasteiger partial charge in [-0.3, -0.25) is 4.98 Å². The zero-order valence-electron chi connectivity index (χ0n) is 11.8. The molecule has 1 aromatic carbocycles. The maximum Gasteiger partial charge on any atom is 0.240 e. The van der Waals surface area contributed by atoms with Gasteiger partial charge in [0.1, 0.15) is 0 Å². The van der Waals surface area contributed by atoms with Gasteiger partial charge < -0.3 is 5.32 Å². The summed E-state index contributed by atoms with van der Waals surface area (Å²) in [5.41, 5.74) is 3.78. The molecule has 0 aliphatic carbocycles. The molecule has 110 valence electrons. The molecule has 2 aromatic rings. The largest absolute Gasteiger partial charge is 0.384 e. The smallest absolute Gasteiger partial charge is 0.240 e. The van der Waals surface area contributed by atoms with Crippen LogP contribution in [-0.2, 0) is 23.0 Å². The van der Waals surface area contributed by atoms with Crippen LogP contribution in [-0.4, -0.2) is 19.9 Å². The van der Waals surface area contributed by atoms with Gasteiger partial charge in [-0.2, -0.15) is 0 Å². The molecule has 0 saturated heterocycles. The van der Waals surface area contributed by atoms with Gasteiger partial charge in [0, 0.05) is 18.4 Å². The highest BCUT2D eigenvalue weighted by Crippen LogP contribution is 2.25. The zero-order chi connectivity index (χ0) is 14.9. The topological polar surface area (TPSA) is 71.1 Å². The number of pyridine rings is 1. The first-order valence-corrected chi connectivity index (χ1v) is 8.31. The van der Waals surface area contributed by atoms with Gasteiger partial charge in [0.15, 0.2) is 0 Å². The van der Waals surface area contributed by atoms with E-state index in [1.54, 1.807) is 18.3 Å². The molecule has 0 saturated carbocycles. The summed E-state index contributed by atoms with van der Waals surface area (Å²) in [6.45, 7) is 2.97. The lowest BCUT2D eigenvalue weighted by Crippen LogP contribution is -2.24. The summed E-state index contributed by atoms with van der Waals surface area (Å²) in [7, 11) is -3.53. The van der Waals surface area contributed by atoms with Crippen molar-refractivity contribution < 1.29 is 8.42 Å². The molecular weight excluding hydrogens is 286 g/mol. The van der Waals surface area contributed by atoms with Crippen molar-refractivity contribution in [2.45, 2.75) is 24.8 Å². The summed E-state index contributed by atoms with van der Waals surface area (Å²) in [6, 6.07) is 8.96. The number of anilines is 1. The van der Waals surface area contributed by atoms with Gasteiger partial charge in [-0.25, -0.2) is 13.1 Å². The third-order valence-electron chi connectivity index (χ3n) is 3.65. The maximum atomic E-state index is 12.3. The fraction of sp³-hybridized carbons (Fsp3) is 0.267. The lowest BCUT2D eigenvalue weighted by atomic mass is 10.2. The lowest BCUT2D eigenvalue weighted by Gasteiger charge is -2.09. The van der Waals surface area contributed by atoms with E-state index in [1.807, 2.05) is 25.1 Å². The van der Waals surface area contributed by atoms with Crippen molar-refractivity contribution in [2.24, 2.45) is 0 Å². The monoisotopic (exact) mass is 303 g/mol. The number of aryl methyl sites for hydroxylation is 1. The van der Waals surface area contributed by atoms with Crippen LogP contribution in [0.25, 0.3) is 0 Å². The number of aromatic nitrogens is 1. The standard InChI is InChI=1S/C15H17N3O2S/c1-11-3-2-7-16-15(11)10-18-21(19,20)13-5-4-12-6-8-17-14(12)9-13/h2-5,7,9,17-18H,6,8,10H2,1H3. The molecular formula is C15H17N3O2S. The molecule has 5 nitrogen and oxygen atoms in total. The number of hydrogen-bond acceptors (Lipinski definition) is 4. The van der Waals surface area contributed by atoms with E-state index in [-0.39, 0.29) is 11.4 Å². The van der Waals surface area contributed by atoms with Crippen molar-refractivity contribution >= 4 is 15.7 Å². The van der Waals surface area contributed by atoms with Crippen LogP contribution in [0.2, 0.25) is 0 Å². The van der Waals surface area contributed by atoms with E-state index in [2.05, 4.69) is 15.0 Å². The summed E-state index contributed by atoms with van der Waals surface area (Å²) >= 11 is 0. The minimum atomic E-state index is -3.53. The predicted octanol–water partition coefficient (Wildman–Crippen LogP) is 1.84. The van der Waals surface area contributed by atoms with E-state index in [9.17, 15) is 8.42 Å². The highest BCUT2D eigenvalue weighted by molar-refractivity contribution is 7.89. The minimum Gasteiger partial charge on any atom is -0.384 e. The van der Waals surface area contributed by atoms with E-state index < -0.39 is 10.0 Å². The Morgan fingerprint density at radius 1 is 1.33 bits per heavy atom. The molecule has 0 bridgehead atoms. The highest BCUT2D eigenvalue weighted by Gasteiger charge is 2.18. The second kappa shape index (κ2) is 5.46. The molecule has 0 spiro atoms. The molecule has 3 rings (SSSR count). The van der Waals surface area contributed by atoms with Crippen molar-refractivity contribution in [3.05, 3.63) is 53.3 Å². The van der Waals surface area contributed by atoms with Crippen LogP contribution >= 0.6 is 0 Å². The average molecular weight is 303 g/mol. The highest BCUT2D eigenvalue weighted by atomic mass is 32.2. The number of fused-ring (bicyclic) bond motifs is 1. The van der Waals surface area contributed by atoms with Gasteiger partial charge in [-0.15, -0.1) is 0 Å². The molecule has 21 heavy (non-hydrogen) atoms. The number of nitrogens with one attached hydrogen (secondary N) is 2. The first-order chi connectivity index (χ1) is 10.1. The number of benzene rings is 1. The third kappa shape index (κ3) is 2.91. The summed E-state index contributed by atoms with van der Waals surface area (Å²) in [4.78, 5) is 4.48. The Labute approximate surface area is 124 Å². The molecule has 0 unspecified atom stereocenters. The van der Waals surface area contributed by atoms with Crippen LogP contribution in [0.5, 0.6) is 0 Å². The minimum absolute atomic E-state index is 0.194. The van der Waals surface area contributed by atoms with Crippen molar-refractivity contribution in [3.8, 4) is 0 Å². The van der Waals surface area contributed by atoms with Crippen molar-refractivity contribution in [1.82, 2.24) is 9.71 Å². The molecule has 2 N–H and O–H groups in total. The molecule has 0 atom stereocenters. The van der Waals surface area contributed by atoms with Crippen molar-refractivity contribution in [1.29, 1.82) is 0 Å². The Hall–Kier alpha value is -1.92. The second-order valence-corrected chi connectivity index (χ2v) is 6.85. The quantitative estimate of drug-likeness (QED) is 0.904. The Bertz CT molecular complexity index is 772. The Kier molecular flexibility index (Phi) is 3.65. The lowest BCUT2D eigenvalue weighted by molar-refractivity contribution is 0.580. The van der Waals surface area contributed by atoms with E-state index in [0.29, 0.717) is 0 Å². The molecule has 2 heterocycles. The molecule has 6 heteroatoms. The van der Waals surface area contributed by atoms with Gasteiger partial charge in [0.2, 0.25) is 10.0 Å². The predicted molar refractivity (Wildman–Crippen MR) is 81.6 cm³/mol. The molecule has 1 aliphatic heterocycles. The first-order valence-electron chi connectivity index (χ1n) is 6.83. The zero-order valence-corrected chi connectivity index (χ0v) is 12.6. The van der Waals surface area contributed by atoms with Crippen LogP contribution in [0.1, 0.15) is 16.8 Å². The van der Waals surface area contributed by atoms with E-state index in [4.69, 9.17) is 0 Å². The molecule has 0 radical (unpaired) electrons. The Morgan fingerprint density at radius 3 is 3.00 bits per heavy atom. The second-order valence-electron chi connectivity index (χ2n) is 5.09. The van der Waals surface area contributed by atoms with E-state index in [0.717, 1.165) is 35.5 Å². The first kappa shape index (κ1) is 14.0. The number of sulfonamides is 1. The van der Waals surface area contributed by atoms with Crippen LogP contribution in [0.4, 0.5) is 5.69 Å². The third-order valence-corrected chi connectivity index (χ3v) is 5.05. The van der Waals surface area contributed by atoms with Gasteiger partial charge in [0.25, 0.3) is 0 Å². The average Bonchev–Trinajstić information content (AvgIpc) is 2.94. The molecule has 1 aromatic heterocycles. The summed E-state index contributed by atoms with van der Waals surface area (Å²) in [5.74, 6) is 0. The fourth-order valence-electron chi connectivity index (χ4n) is 2.39. The number of rotatable bonds is 4. The van der Waals surface area contributed by atoms with Gasteiger partial charge >= 0.3 is 0 Å². The molecule has 0 fully saturated rings. The Morgan fingerprint density at radius 2 is 2.19 bits per heavy atom. The SMILES string of the molecule is Cc1cccnc1CNS(=O)(=O)c1ccc2c(c1)NCC2. The van der Waals surface area contributed by atoms with Gasteiger partial charge in [0.05, 0.1) is 17.1 Å². The summed E-state index contributed by atoms with van der Waals surface area (Å²) in [5, 5.41) is 3.19. The van der Waals surface area contributed by atoms with Crippen LogP contribution < -0.4 is 10.0 Å². The fourth-order valence-corrected chi connectivity index (χ4v) is 3.40. The van der Waals surface area contributed by atoms with Crippen LogP contribution in [0, 0.1) is 6.92 Å². The number of hydrogen-bond donors (Lipinski definition) is 2. The number of nitrogens with zero attached hydrogens (tertiary/aromatic N) is 1. The molecule has 0 amide bonds. The van der Waals surface area contributed by atoms with Crippen LogP contribution in [0.15, 0.2) is 41.4 Å². The Balaban J connectivity index is 1.80. The van der Waals surface area contributed by atoms with Crippen molar-refractivity contribution in [3.63, 3.8) is 0 Å². The van der Waals surface area contributed by atoms with Gasteiger partial charge in [-0.05, 0) is 42.7 Å². The summed E-state index contributed by atoms with van der Waals surface area (Å²) in [6.07, 6.45) is 2.60. The van der Waals surface area contributed by atoms with Crippen LogP contribution in [0.3, 0.4) is 0 Å². The summed E-state index contributed by atoms with van der Waals surface area (Å²) < 4.78 is 27.3. The van der Waals surface area contributed by atoms with E-state index >= 15 is 0 Å². The van der Waals surface area contributed by atoms with Gasteiger partial charge in [-0.1, -0.05) is 12.1 Å². The normalized spacial score (nSPS) is 13.8. The maximum absolute atomic E-state index is 12.3. The van der Waals surface area contributed by atoms with Crippen molar-refractivity contribution in [2.75, 3.05) is 11.9 Å².